The summed E-state index contributed by atoms with van der Waals surface area (Å²) in [6, 6.07) is 12.0. The van der Waals surface area contributed by atoms with Crippen molar-refractivity contribution in [2.24, 2.45) is 0 Å². The molecule has 6 heteroatoms. The number of rotatable bonds is 5. The molecule has 0 spiro atoms. The highest BCUT2D eigenvalue weighted by Gasteiger charge is 2.11. The summed E-state index contributed by atoms with van der Waals surface area (Å²) in [5.41, 5.74) is 6.55. The summed E-state index contributed by atoms with van der Waals surface area (Å²) in [5.74, 6) is 0.209. The number of hydrogen-bond donors (Lipinski definition) is 3. The van der Waals surface area contributed by atoms with Gasteiger partial charge in [0.15, 0.2) is 0 Å². The second-order valence-electron chi connectivity index (χ2n) is 4.30. The molecular weight excluding hydrogens is 383 g/mol. The van der Waals surface area contributed by atoms with E-state index in [0.717, 1.165) is 3.57 Å². The van der Waals surface area contributed by atoms with Gasteiger partial charge >= 0.3 is 0 Å². The maximum absolute atomic E-state index is 11.9. The topological polar surface area (TPSA) is 84.6 Å². The number of para-hydroxylation sites is 2. The molecule has 0 bridgehead atoms. The molecule has 0 heterocycles. The van der Waals surface area contributed by atoms with Gasteiger partial charge in [0.25, 0.3) is 5.91 Å². The van der Waals surface area contributed by atoms with Crippen LogP contribution in [0, 0.1) is 3.57 Å². The molecule has 5 nitrogen and oxygen atoms in total. The molecular formula is C15H15IN2O3. The first-order chi connectivity index (χ1) is 10.1. The number of nitrogens with one attached hydrogen (secondary N) is 1. The molecule has 0 saturated heterocycles. The van der Waals surface area contributed by atoms with Crippen LogP contribution in [0.3, 0.4) is 0 Å². The zero-order chi connectivity index (χ0) is 15.2. The fraction of sp³-hybridized carbons (Fsp3) is 0.133. The molecule has 4 N–H and O–H groups in total. The molecule has 2 rings (SSSR count). The average Bonchev–Trinajstić information content (AvgIpc) is 2.47. The summed E-state index contributed by atoms with van der Waals surface area (Å²) < 4.78 is 6.35. The molecule has 0 fully saturated rings. The molecule has 0 aliphatic heterocycles. The number of anilines is 1. The SMILES string of the molecule is Nc1ccccc1OCCNC(=O)c1cc(I)ccc1O. The highest BCUT2D eigenvalue weighted by atomic mass is 127. The second-order valence-corrected chi connectivity index (χ2v) is 5.55. The zero-order valence-corrected chi connectivity index (χ0v) is 13.3. The molecule has 0 saturated carbocycles. The third-order valence-corrected chi connectivity index (χ3v) is 3.44. The molecule has 0 aliphatic carbocycles. The summed E-state index contributed by atoms with van der Waals surface area (Å²) in [6.07, 6.45) is 0. The van der Waals surface area contributed by atoms with Gasteiger partial charge < -0.3 is 20.9 Å². The summed E-state index contributed by atoms with van der Waals surface area (Å²) >= 11 is 2.08. The molecule has 21 heavy (non-hydrogen) atoms. The van der Waals surface area contributed by atoms with E-state index in [9.17, 15) is 9.90 Å². The van der Waals surface area contributed by atoms with Crippen molar-refractivity contribution >= 4 is 34.2 Å². The second kappa shape index (κ2) is 7.16. The lowest BCUT2D eigenvalue weighted by Gasteiger charge is -2.10. The van der Waals surface area contributed by atoms with Gasteiger partial charge in [-0.25, -0.2) is 0 Å². The lowest BCUT2D eigenvalue weighted by Crippen LogP contribution is -2.28. The number of ether oxygens (including phenoxy) is 1. The highest BCUT2D eigenvalue weighted by Crippen LogP contribution is 2.20. The van der Waals surface area contributed by atoms with Gasteiger partial charge in [0.1, 0.15) is 18.1 Å². The van der Waals surface area contributed by atoms with Crippen molar-refractivity contribution in [3.63, 3.8) is 0 Å². The van der Waals surface area contributed by atoms with Crippen LogP contribution in [0.4, 0.5) is 5.69 Å². The van der Waals surface area contributed by atoms with Crippen LogP contribution in [-0.2, 0) is 0 Å². The molecule has 0 atom stereocenters. The Hall–Kier alpha value is -1.96. The Kier molecular flexibility index (Phi) is 5.26. The van der Waals surface area contributed by atoms with Crippen LogP contribution in [0.1, 0.15) is 10.4 Å². The van der Waals surface area contributed by atoms with Crippen molar-refractivity contribution in [3.8, 4) is 11.5 Å². The van der Waals surface area contributed by atoms with Gasteiger partial charge in [-0.05, 0) is 52.9 Å². The van der Waals surface area contributed by atoms with Crippen LogP contribution in [-0.4, -0.2) is 24.2 Å². The predicted octanol–water partition coefficient (Wildman–Crippen LogP) is 2.39. The Morgan fingerprint density at radius 3 is 2.81 bits per heavy atom. The number of aromatic hydroxyl groups is 1. The Balaban J connectivity index is 1.85. The number of phenols is 1. The van der Waals surface area contributed by atoms with Crippen LogP contribution >= 0.6 is 22.6 Å². The van der Waals surface area contributed by atoms with Gasteiger partial charge in [0, 0.05) is 3.57 Å². The first-order valence-corrected chi connectivity index (χ1v) is 7.40. The molecule has 1 amide bonds. The molecule has 0 radical (unpaired) electrons. The van der Waals surface area contributed by atoms with E-state index >= 15 is 0 Å². The first-order valence-electron chi connectivity index (χ1n) is 6.32. The van der Waals surface area contributed by atoms with Gasteiger partial charge in [-0.15, -0.1) is 0 Å². The van der Waals surface area contributed by atoms with Crippen molar-refractivity contribution < 1.29 is 14.6 Å². The van der Waals surface area contributed by atoms with Crippen molar-refractivity contribution in [1.82, 2.24) is 5.32 Å². The number of benzene rings is 2. The number of amides is 1. The molecule has 0 aromatic heterocycles. The number of nitrogen functional groups attached to an aromatic ring is 1. The number of nitrogens with two attached hydrogens (primary N) is 1. The quantitative estimate of drug-likeness (QED) is 0.410. The molecule has 110 valence electrons. The van der Waals surface area contributed by atoms with Crippen LogP contribution in [0.25, 0.3) is 0 Å². The van der Waals surface area contributed by atoms with Crippen molar-refractivity contribution in [2.75, 3.05) is 18.9 Å². The fourth-order valence-electron chi connectivity index (χ4n) is 1.72. The minimum atomic E-state index is -0.337. The van der Waals surface area contributed by atoms with E-state index in [1.807, 2.05) is 12.1 Å². The summed E-state index contributed by atoms with van der Waals surface area (Å²) in [4.78, 5) is 11.9. The monoisotopic (exact) mass is 398 g/mol. The van der Waals surface area contributed by atoms with E-state index in [-0.39, 0.29) is 17.2 Å². The first kappa shape index (κ1) is 15.4. The average molecular weight is 398 g/mol. The lowest BCUT2D eigenvalue weighted by atomic mass is 10.2. The van der Waals surface area contributed by atoms with Crippen LogP contribution in [0.15, 0.2) is 42.5 Å². The largest absolute Gasteiger partial charge is 0.507 e. The maximum Gasteiger partial charge on any atom is 0.255 e. The zero-order valence-electron chi connectivity index (χ0n) is 11.2. The normalized spacial score (nSPS) is 10.1. The van der Waals surface area contributed by atoms with Gasteiger partial charge in [0.05, 0.1) is 17.8 Å². The van der Waals surface area contributed by atoms with E-state index < -0.39 is 0 Å². The fourth-order valence-corrected chi connectivity index (χ4v) is 2.21. The Bertz CT molecular complexity index is 647. The van der Waals surface area contributed by atoms with Crippen molar-refractivity contribution in [2.45, 2.75) is 0 Å². The number of hydrogen-bond acceptors (Lipinski definition) is 4. The smallest absolute Gasteiger partial charge is 0.255 e. The molecule has 2 aromatic rings. The summed E-state index contributed by atoms with van der Waals surface area (Å²) in [5, 5.41) is 12.4. The molecule has 2 aromatic carbocycles. The van der Waals surface area contributed by atoms with Crippen LogP contribution in [0.2, 0.25) is 0 Å². The van der Waals surface area contributed by atoms with Gasteiger partial charge in [0.2, 0.25) is 0 Å². The molecule has 0 aliphatic rings. The van der Waals surface area contributed by atoms with Gasteiger partial charge in [-0.2, -0.15) is 0 Å². The predicted molar refractivity (Wildman–Crippen MR) is 89.5 cm³/mol. The van der Waals surface area contributed by atoms with Gasteiger partial charge in [-0.1, -0.05) is 12.1 Å². The van der Waals surface area contributed by atoms with Crippen LogP contribution in [0.5, 0.6) is 11.5 Å². The standard InChI is InChI=1S/C15H15IN2O3/c16-10-5-6-13(19)11(9-10)15(20)18-7-8-21-14-4-2-1-3-12(14)17/h1-6,9,19H,7-8,17H2,(H,18,20). The third-order valence-electron chi connectivity index (χ3n) is 2.77. The van der Waals surface area contributed by atoms with E-state index in [1.54, 1.807) is 24.3 Å². The lowest BCUT2D eigenvalue weighted by molar-refractivity contribution is 0.0944. The Morgan fingerprint density at radius 1 is 1.29 bits per heavy atom. The minimum absolute atomic E-state index is 0.0406. The Labute approximate surface area is 136 Å². The van der Waals surface area contributed by atoms with Crippen LogP contribution < -0.4 is 15.8 Å². The number of halogens is 1. The Morgan fingerprint density at radius 2 is 2.05 bits per heavy atom. The van der Waals surface area contributed by atoms with E-state index in [1.165, 1.54) is 6.07 Å². The number of carbonyl (C=O) groups is 1. The highest BCUT2D eigenvalue weighted by molar-refractivity contribution is 14.1. The van der Waals surface area contributed by atoms with E-state index in [2.05, 4.69) is 27.9 Å². The minimum Gasteiger partial charge on any atom is -0.507 e. The number of carbonyl (C=O) groups excluding carboxylic acids is 1. The summed E-state index contributed by atoms with van der Waals surface area (Å²) in [6.45, 7) is 0.614. The van der Waals surface area contributed by atoms with Crippen molar-refractivity contribution in [1.29, 1.82) is 0 Å². The number of phenolic OH excluding ortho intramolecular Hbond substituents is 1. The third kappa shape index (κ3) is 4.25. The van der Waals surface area contributed by atoms with Crippen molar-refractivity contribution in [3.05, 3.63) is 51.6 Å². The molecule has 0 unspecified atom stereocenters. The van der Waals surface area contributed by atoms with E-state index in [4.69, 9.17) is 10.5 Å². The summed E-state index contributed by atoms with van der Waals surface area (Å²) in [7, 11) is 0. The van der Waals surface area contributed by atoms with Gasteiger partial charge in [-0.3, -0.25) is 4.79 Å². The maximum atomic E-state index is 11.9. The van der Waals surface area contributed by atoms with E-state index in [0.29, 0.717) is 24.6 Å².